The smallest absolute Gasteiger partial charge is 0.339 e. The molecule has 7 nitrogen and oxygen atoms in total. The summed E-state index contributed by atoms with van der Waals surface area (Å²) in [4.78, 5) is 28.1. The maximum absolute atomic E-state index is 12.3. The first kappa shape index (κ1) is 17.7. The molecule has 0 fully saturated rings. The van der Waals surface area contributed by atoms with Gasteiger partial charge in [-0.2, -0.15) is 4.98 Å². The van der Waals surface area contributed by atoms with Gasteiger partial charge in [0.1, 0.15) is 0 Å². The van der Waals surface area contributed by atoms with E-state index >= 15 is 0 Å². The van der Waals surface area contributed by atoms with E-state index in [1.807, 2.05) is 30.3 Å². The van der Waals surface area contributed by atoms with E-state index in [2.05, 4.69) is 10.1 Å². The lowest BCUT2D eigenvalue weighted by molar-refractivity contribution is -0.115. The van der Waals surface area contributed by atoms with Gasteiger partial charge in [-0.15, -0.1) is 11.8 Å². The van der Waals surface area contributed by atoms with Gasteiger partial charge in [-0.05, 0) is 12.1 Å². The number of carbonyl (C=O) groups excluding carboxylic acids is 2. The predicted molar refractivity (Wildman–Crippen MR) is 95.2 cm³/mol. The van der Waals surface area contributed by atoms with Crippen molar-refractivity contribution in [2.75, 3.05) is 5.75 Å². The molecular formula is C18H15N3O4S. The first-order valence-electron chi connectivity index (χ1n) is 7.69. The van der Waals surface area contributed by atoms with E-state index in [1.54, 1.807) is 24.3 Å². The Hall–Kier alpha value is -3.13. The molecule has 26 heavy (non-hydrogen) atoms. The van der Waals surface area contributed by atoms with E-state index in [4.69, 9.17) is 15.0 Å². The highest BCUT2D eigenvalue weighted by molar-refractivity contribution is 8.00. The van der Waals surface area contributed by atoms with Crippen LogP contribution in [-0.2, 0) is 16.1 Å². The molecule has 132 valence electrons. The maximum atomic E-state index is 12.3. The van der Waals surface area contributed by atoms with Crippen LogP contribution in [-0.4, -0.2) is 27.8 Å². The summed E-state index contributed by atoms with van der Waals surface area (Å²) in [6.07, 6.45) is 0. The van der Waals surface area contributed by atoms with E-state index in [9.17, 15) is 9.59 Å². The number of hydrogen-bond acceptors (Lipinski definition) is 7. The summed E-state index contributed by atoms with van der Waals surface area (Å²) in [6, 6.07) is 16.2. The minimum absolute atomic E-state index is 0.0778. The molecule has 0 atom stereocenters. The van der Waals surface area contributed by atoms with Gasteiger partial charge in [0.2, 0.25) is 11.7 Å². The van der Waals surface area contributed by atoms with Crippen molar-refractivity contribution in [1.82, 2.24) is 10.1 Å². The third-order valence-corrected chi connectivity index (χ3v) is 4.40. The molecule has 1 heterocycles. The zero-order valence-electron chi connectivity index (χ0n) is 13.6. The topological polar surface area (TPSA) is 108 Å². The number of nitrogens with zero attached hydrogens (tertiary/aromatic N) is 2. The fourth-order valence-electron chi connectivity index (χ4n) is 2.13. The number of carbonyl (C=O) groups is 2. The minimum Gasteiger partial charge on any atom is -0.452 e. The van der Waals surface area contributed by atoms with Crippen LogP contribution >= 0.6 is 11.8 Å². The molecule has 0 saturated carbocycles. The van der Waals surface area contributed by atoms with E-state index in [0.29, 0.717) is 16.3 Å². The molecule has 0 spiro atoms. The number of thioether (sulfide) groups is 1. The van der Waals surface area contributed by atoms with Crippen molar-refractivity contribution in [2.24, 2.45) is 5.73 Å². The lowest BCUT2D eigenvalue weighted by Crippen LogP contribution is -2.14. The van der Waals surface area contributed by atoms with Gasteiger partial charge in [0.25, 0.3) is 5.89 Å². The van der Waals surface area contributed by atoms with Gasteiger partial charge in [-0.25, -0.2) is 4.79 Å². The van der Waals surface area contributed by atoms with Crippen LogP contribution in [0.2, 0.25) is 0 Å². The summed E-state index contributed by atoms with van der Waals surface area (Å²) >= 11 is 1.18. The molecule has 0 saturated heterocycles. The van der Waals surface area contributed by atoms with Gasteiger partial charge in [0, 0.05) is 10.5 Å². The summed E-state index contributed by atoms with van der Waals surface area (Å²) in [5, 5.41) is 3.87. The third kappa shape index (κ3) is 4.48. The standard InChI is InChI=1S/C18H15N3O4S/c19-15(22)11-26-14-9-5-4-8-13(14)18(23)24-10-16-20-17(21-25-16)12-6-2-1-3-7-12/h1-9H,10-11H2,(H2,19,22). The van der Waals surface area contributed by atoms with Gasteiger partial charge >= 0.3 is 5.97 Å². The van der Waals surface area contributed by atoms with Crippen LogP contribution < -0.4 is 5.73 Å². The number of primary amides is 1. The molecule has 2 N–H and O–H groups in total. The average molecular weight is 369 g/mol. The fourth-order valence-corrected chi connectivity index (χ4v) is 2.91. The second-order valence-electron chi connectivity index (χ2n) is 5.21. The van der Waals surface area contributed by atoms with Crippen LogP contribution in [0, 0.1) is 0 Å². The Labute approximate surface area is 153 Å². The molecule has 0 radical (unpaired) electrons. The van der Waals surface area contributed by atoms with Crippen molar-refractivity contribution in [2.45, 2.75) is 11.5 Å². The molecule has 0 unspecified atom stereocenters. The highest BCUT2D eigenvalue weighted by Crippen LogP contribution is 2.23. The van der Waals surface area contributed by atoms with Crippen LogP contribution in [0.3, 0.4) is 0 Å². The SMILES string of the molecule is NC(=O)CSc1ccccc1C(=O)OCc1nc(-c2ccccc2)no1. The monoisotopic (exact) mass is 369 g/mol. The number of esters is 1. The molecule has 8 heteroatoms. The Morgan fingerprint density at radius 1 is 1.08 bits per heavy atom. The van der Waals surface area contributed by atoms with Crippen molar-refractivity contribution >= 4 is 23.6 Å². The first-order chi connectivity index (χ1) is 12.6. The van der Waals surface area contributed by atoms with Gasteiger partial charge in [0.05, 0.1) is 11.3 Å². The van der Waals surface area contributed by atoms with Crippen LogP contribution in [0.5, 0.6) is 0 Å². The molecule has 0 aliphatic carbocycles. The Bertz CT molecular complexity index is 912. The molecule has 0 aliphatic rings. The number of aromatic nitrogens is 2. The predicted octanol–water partition coefficient (Wildman–Crippen LogP) is 2.67. The van der Waals surface area contributed by atoms with Crippen LogP contribution in [0.15, 0.2) is 64.0 Å². The number of ether oxygens (including phenoxy) is 1. The van der Waals surface area contributed by atoms with Crippen molar-refractivity contribution in [1.29, 1.82) is 0 Å². The van der Waals surface area contributed by atoms with E-state index in [1.165, 1.54) is 11.8 Å². The molecule has 1 aromatic heterocycles. The largest absolute Gasteiger partial charge is 0.452 e. The summed E-state index contributed by atoms with van der Waals surface area (Å²) < 4.78 is 10.4. The molecule has 2 aromatic carbocycles. The normalized spacial score (nSPS) is 10.5. The molecule has 0 bridgehead atoms. The number of benzene rings is 2. The first-order valence-corrected chi connectivity index (χ1v) is 8.67. The van der Waals surface area contributed by atoms with Crippen molar-refractivity contribution in [3.8, 4) is 11.4 Å². The Morgan fingerprint density at radius 3 is 2.58 bits per heavy atom. The second kappa shape index (κ2) is 8.30. The van der Waals surface area contributed by atoms with Gasteiger partial charge in [-0.3, -0.25) is 4.79 Å². The van der Waals surface area contributed by atoms with E-state index in [-0.39, 0.29) is 18.3 Å². The number of amides is 1. The summed E-state index contributed by atoms with van der Waals surface area (Å²) in [7, 11) is 0. The quantitative estimate of drug-likeness (QED) is 0.504. The lowest BCUT2D eigenvalue weighted by atomic mass is 10.2. The molecule has 1 amide bonds. The van der Waals surface area contributed by atoms with Crippen LogP contribution in [0.25, 0.3) is 11.4 Å². The fraction of sp³-hybridized carbons (Fsp3) is 0.111. The Morgan fingerprint density at radius 2 is 1.81 bits per heavy atom. The number of hydrogen-bond donors (Lipinski definition) is 1. The zero-order chi connectivity index (χ0) is 18.4. The Kier molecular flexibility index (Phi) is 5.65. The van der Waals surface area contributed by atoms with Crippen LogP contribution in [0.4, 0.5) is 0 Å². The highest BCUT2D eigenvalue weighted by Gasteiger charge is 2.16. The second-order valence-corrected chi connectivity index (χ2v) is 6.22. The summed E-state index contributed by atoms with van der Waals surface area (Å²) in [5.74, 6) is -0.308. The summed E-state index contributed by atoms with van der Waals surface area (Å²) in [5.41, 5.74) is 6.30. The van der Waals surface area contributed by atoms with Gasteiger partial charge < -0.3 is 15.0 Å². The minimum atomic E-state index is -0.544. The lowest BCUT2D eigenvalue weighted by Gasteiger charge is -2.07. The zero-order valence-corrected chi connectivity index (χ0v) is 14.4. The van der Waals surface area contributed by atoms with Gasteiger partial charge in [-0.1, -0.05) is 47.6 Å². The third-order valence-electron chi connectivity index (χ3n) is 3.30. The maximum Gasteiger partial charge on any atom is 0.339 e. The average Bonchev–Trinajstić information content (AvgIpc) is 3.14. The van der Waals surface area contributed by atoms with Crippen molar-refractivity contribution in [3.63, 3.8) is 0 Å². The number of nitrogens with two attached hydrogens (primary N) is 1. The van der Waals surface area contributed by atoms with E-state index in [0.717, 1.165) is 5.56 Å². The molecule has 3 rings (SSSR count). The summed E-state index contributed by atoms with van der Waals surface area (Å²) in [6.45, 7) is -0.145. The van der Waals surface area contributed by atoms with E-state index < -0.39 is 11.9 Å². The van der Waals surface area contributed by atoms with Crippen molar-refractivity contribution in [3.05, 3.63) is 66.1 Å². The molecule has 0 aliphatic heterocycles. The molecule has 3 aromatic rings. The highest BCUT2D eigenvalue weighted by atomic mass is 32.2. The molecular weight excluding hydrogens is 354 g/mol. The van der Waals surface area contributed by atoms with Gasteiger partial charge in [0.15, 0.2) is 6.61 Å². The van der Waals surface area contributed by atoms with Crippen molar-refractivity contribution < 1.29 is 18.8 Å². The van der Waals surface area contributed by atoms with Crippen LogP contribution in [0.1, 0.15) is 16.2 Å². The number of rotatable bonds is 7. The Balaban J connectivity index is 1.65.